The average Bonchev–Trinajstić information content (AvgIpc) is 3.37. The van der Waals surface area contributed by atoms with E-state index in [1.807, 2.05) is 35.7 Å². The van der Waals surface area contributed by atoms with Crippen LogP contribution in [0.15, 0.2) is 54.0 Å². The summed E-state index contributed by atoms with van der Waals surface area (Å²) in [5.74, 6) is 1.72. The third-order valence-electron chi connectivity index (χ3n) is 5.54. The summed E-state index contributed by atoms with van der Waals surface area (Å²) in [7, 11) is 1.61. The molecule has 0 spiro atoms. The highest BCUT2D eigenvalue weighted by atomic mass is 32.1. The molecule has 0 aliphatic carbocycles. The zero-order chi connectivity index (χ0) is 19.1. The largest absolute Gasteiger partial charge is 0.481 e. The average molecular weight is 392 g/mol. The number of ketones is 1. The smallest absolute Gasteiger partial charge is 0.216 e. The van der Waals surface area contributed by atoms with Gasteiger partial charge in [-0.25, -0.2) is 15.4 Å². The minimum absolute atomic E-state index is 0.142. The predicted octanol–water partition coefficient (Wildman–Crippen LogP) is 3.14. The highest BCUT2D eigenvalue weighted by molar-refractivity contribution is 7.13. The molecule has 2 saturated heterocycles. The number of rotatable bonds is 5. The molecule has 28 heavy (non-hydrogen) atoms. The summed E-state index contributed by atoms with van der Waals surface area (Å²) in [6.45, 7) is 0.800. The normalized spacial score (nSPS) is 23.8. The molecular formula is C21H20N4O2S. The van der Waals surface area contributed by atoms with Crippen molar-refractivity contribution in [2.24, 2.45) is 0 Å². The lowest BCUT2D eigenvalue weighted by Crippen LogP contribution is -2.55. The molecule has 0 bridgehead atoms. The van der Waals surface area contributed by atoms with Crippen LogP contribution in [0.1, 0.15) is 28.5 Å². The molecule has 2 aromatic heterocycles. The Hall–Kier alpha value is -2.61. The molecule has 0 amide bonds. The van der Waals surface area contributed by atoms with Crippen molar-refractivity contribution >= 4 is 17.1 Å². The maximum Gasteiger partial charge on any atom is 0.216 e. The van der Waals surface area contributed by atoms with Crippen LogP contribution in [0.2, 0.25) is 0 Å². The Labute approximate surface area is 167 Å². The Kier molecular flexibility index (Phi) is 4.43. The lowest BCUT2D eigenvalue weighted by Gasteiger charge is -2.41. The standard InChI is InChI=1S/C21H20N4O2S/c1-27-19-8-9-22-21(23-19)15-12-25-17(15)11-16(24-25)20(26)14-6-3-2-5-13(14)18-7-4-10-28-18/h2-10,15-17,24H,11-12H2,1H3. The zero-order valence-electron chi connectivity index (χ0n) is 15.4. The van der Waals surface area contributed by atoms with Gasteiger partial charge in [0.2, 0.25) is 5.88 Å². The highest BCUT2D eigenvalue weighted by Crippen LogP contribution is 2.39. The number of carbonyl (C=O) groups excluding carboxylic acids is 1. The maximum atomic E-state index is 13.3. The first-order chi connectivity index (χ1) is 13.7. The van der Waals surface area contributed by atoms with Crippen LogP contribution in [0.3, 0.4) is 0 Å². The third-order valence-corrected chi connectivity index (χ3v) is 6.45. The number of nitrogens with one attached hydrogen (secondary N) is 1. The zero-order valence-corrected chi connectivity index (χ0v) is 16.2. The number of thiophene rings is 1. The summed E-state index contributed by atoms with van der Waals surface area (Å²) in [5, 5.41) is 4.18. The Balaban J connectivity index is 1.35. The van der Waals surface area contributed by atoms with Crippen molar-refractivity contribution in [2.75, 3.05) is 13.7 Å². The van der Waals surface area contributed by atoms with E-state index in [9.17, 15) is 4.79 Å². The van der Waals surface area contributed by atoms with Gasteiger partial charge in [0, 0.05) is 40.9 Å². The van der Waals surface area contributed by atoms with Gasteiger partial charge >= 0.3 is 0 Å². The van der Waals surface area contributed by atoms with Crippen LogP contribution in [0.25, 0.3) is 10.4 Å². The van der Waals surface area contributed by atoms with E-state index in [2.05, 4.69) is 26.5 Å². The van der Waals surface area contributed by atoms with Crippen molar-refractivity contribution in [3.05, 3.63) is 65.4 Å². The molecule has 5 rings (SSSR count). The summed E-state index contributed by atoms with van der Waals surface area (Å²) in [6, 6.07) is 13.7. The van der Waals surface area contributed by atoms with Crippen LogP contribution >= 0.6 is 11.3 Å². The first-order valence-corrected chi connectivity index (χ1v) is 10.2. The summed E-state index contributed by atoms with van der Waals surface area (Å²) >= 11 is 1.65. The van der Waals surface area contributed by atoms with Crippen molar-refractivity contribution in [1.29, 1.82) is 0 Å². The molecule has 6 nitrogen and oxygen atoms in total. The second kappa shape index (κ2) is 7.09. The van der Waals surface area contributed by atoms with Gasteiger partial charge in [0.25, 0.3) is 0 Å². The lowest BCUT2D eigenvalue weighted by molar-refractivity contribution is 0.0493. The topological polar surface area (TPSA) is 67.3 Å². The summed E-state index contributed by atoms with van der Waals surface area (Å²) < 4.78 is 5.22. The summed E-state index contributed by atoms with van der Waals surface area (Å²) in [6.07, 6.45) is 2.48. The minimum atomic E-state index is -0.221. The van der Waals surface area contributed by atoms with Gasteiger partial charge in [-0.15, -0.1) is 11.3 Å². The van der Waals surface area contributed by atoms with E-state index in [0.29, 0.717) is 5.88 Å². The minimum Gasteiger partial charge on any atom is -0.481 e. The van der Waals surface area contributed by atoms with E-state index >= 15 is 0 Å². The van der Waals surface area contributed by atoms with Crippen molar-refractivity contribution in [3.63, 3.8) is 0 Å². The van der Waals surface area contributed by atoms with Crippen LogP contribution in [-0.2, 0) is 0 Å². The van der Waals surface area contributed by atoms with E-state index < -0.39 is 0 Å². The summed E-state index contributed by atoms with van der Waals surface area (Å²) in [4.78, 5) is 23.3. The number of carbonyl (C=O) groups is 1. The number of fused-ring (bicyclic) bond motifs is 1. The molecule has 2 aliphatic rings. The van der Waals surface area contributed by atoms with Crippen LogP contribution in [0, 0.1) is 0 Å². The van der Waals surface area contributed by atoms with Gasteiger partial charge in [-0.3, -0.25) is 4.79 Å². The number of nitrogens with zero attached hydrogens (tertiary/aromatic N) is 3. The quantitative estimate of drug-likeness (QED) is 0.673. The van der Waals surface area contributed by atoms with Gasteiger partial charge in [-0.1, -0.05) is 30.3 Å². The number of hydrazine groups is 1. The Morgan fingerprint density at radius 2 is 2.14 bits per heavy atom. The van der Waals surface area contributed by atoms with Gasteiger partial charge in [-0.2, -0.15) is 4.98 Å². The highest BCUT2D eigenvalue weighted by Gasteiger charge is 2.49. The predicted molar refractivity (Wildman–Crippen MR) is 107 cm³/mol. The van der Waals surface area contributed by atoms with E-state index in [-0.39, 0.29) is 23.8 Å². The van der Waals surface area contributed by atoms with Crippen LogP contribution in [-0.4, -0.2) is 46.5 Å². The molecule has 3 aromatic rings. The maximum absolute atomic E-state index is 13.3. The number of aromatic nitrogens is 2. The van der Waals surface area contributed by atoms with Gasteiger partial charge in [0.05, 0.1) is 19.1 Å². The van der Waals surface area contributed by atoms with Crippen LogP contribution in [0.5, 0.6) is 5.88 Å². The first kappa shape index (κ1) is 17.5. The van der Waals surface area contributed by atoms with E-state index in [1.165, 1.54) is 0 Å². The molecule has 4 heterocycles. The second-order valence-electron chi connectivity index (χ2n) is 7.09. The second-order valence-corrected chi connectivity index (χ2v) is 8.04. The molecule has 3 atom stereocenters. The molecule has 1 aromatic carbocycles. The Morgan fingerprint density at radius 3 is 2.96 bits per heavy atom. The summed E-state index contributed by atoms with van der Waals surface area (Å²) in [5.41, 5.74) is 5.17. The molecule has 2 aliphatic heterocycles. The van der Waals surface area contributed by atoms with E-state index in [4.69, 9.17) is 4.74 Å². The van der Waals surface area contributed by atoms with E-state index in [0.717, 1.165) is 34.8 Å². The van der Waals surface area contributed by atoms with Crippen molar-refractivity contribution in [1.82, 2.24) is 20.4 Å². The van der Waals surface area contributed by atoms with Crippen LogP contribution in [0.4, 0.5) is 0 Å². The van der Waals surface area contributed by atoms with Crippen molar-refractivity contribution in [3.8, 4) is 16.3 Å². The number of ether oxygens (including phenoxy) is 1. The SMILES string of the molecule is COc1ccnc(C2CN3NC(C(=O)c4ccccc4-c4cccs4)CC23)n1. The Bertz CT molecular complexity index is 1010. The number of hydrogen-bond donors (Lipinski definition) is 1. The van der Waals surface area contributed by atoms with Gasteiger partial charge in [0.15, 0.2) is 5.78 Å². The molecule has 1 N–H and O–H groups in total. The molecule has 3 unspecified atom stereocenters. The molecule has 7 heteroatoms. The van der Waals surface area contributed by atoms with Crippen LogP contribution < -0.4 is 10.2 Å². The molecular weight excluding hydrogens is 372 g/mol. The first-order valence-electron chi connectivity index (χ1n) is 9.31. The van der Waals surface area contributed by atoms with Crippen molar-refractivity contribution in [2.45, 2.75) is 24.4 Å². The number of benzene rings is 1. The number of methoxy groups -OCH3 is 1. The van der Waals surface area contributed by atoms with Crippen molar-refractivity contribution < 1.29 is 9.53 Å². The fraction of sp³-hybridized carbons (Fsp3) is 0.286. The molecule has 0 saturated carbocycles. The Morgan fingerprint density at radius 1 is 1.25 bits per heavy atom. The number of hydrogen-bond acceptors (Lipinski definition) is 7. The number of Topliss-reactive ketones (excluding diaryl/α,β-unsaturated/α-hetero) is 1. The lowest BCUT2D eigenvalue weighted by atomic mass is 9.86. The van der Waals surface area contributed by atoms with Gasteiger partial charge in [0.1, 0.15) is 5.82 Å². The van der Waals surface area contributed by atoms with E-state index in [1.54, 1.807) is 30.7 Å². The third kappa shape index (κ3) is 2.92. The van der Waals surface area contributed by atoms with Gasteiger partial charge in [-0.05, 0) is 17.9 Å². The molecule has 0 radical (unpaired) electrons. The fourth-order valence-corrected chi connectivity index (χ4v) is 4.85. The van der Waals surface area contributed by atoms with Gasteiger partial charge < -0.3 is 4.74 Å². The molecule has 142 valence electrons. The molecule has 2 fully saturated rings. The fourth-order valence-electron chi connectivity index (χ4n) is 4.08. The monoisotopic (exact) mass is 392 g/mol.